The van der Waals surface area contributed by atoms with Crippen LogP contribution in [0.2, 0.25) is 5.02 Å². The zero-order valence-corrected chi connectivity index (χ0v) is 12.6. The summed E-state index contributed by atoms with van der Waals surface area (Å²) in [5.41, 5.74) is 2.30. The van der Waals surface area contributed by atoms with Gasteiger partial charge >= 0.3 is 0 Å². The number of imidazole rings is 1. The van der Waals surface area contributed by atoms with Crippen molar-refractivity contribution < 1.29 is 0 Å². The van der Waals surface area contributed by atoms with Gasteiger partial charge in [0.15, 0.2) is 0 Å². The number of benzene rings is 1. The molecule has 1 aliphatic heterocycles. The van der Waals surface area contributed by atoms with Crippen LogP contribution in [-0.4, -0.2) is 23.1 Å². The molecule has 1 N–H and O–H groups in total. The summed E-state index contributed by atoms with van der Waals surface area (Å²) in [6.07, 6.45) is 3.89. The van der Waals surface area contributed by atoms with Gasteiger partial charge in [-0.3, -0.25) is 0 Å². The summed E-state index contributed by atoms with van der Waals surface area (Å²) in [7, 11) is 1.96. The van der Waals surface area contributed by atoms with Crippen LogP contribution in [0.4, 0.5) is 5.69 Å². The minimum Gasteiger partial charge on any atom is -0.361 e. The Labute approximate surface area is 124 Å². The van der Waals surface area contributed by atoms with E-state index < -0.39 is 0 Å². The molecule has 20 heavy (non-hydrogen) atoms. The van der Waals surface area contributed by atoms with Crippen LogP contribution >= 0.6 is 11.6 Å². The molecule has 0 amide bonds. The Morgan fingerprint density at radius 2 is 2.20 bits per heavy atom. The molecule has 1 aromatic carbocycles. The van der Waals surface area contributed by atoms with Gasteiger partial charge in [0.2, 0.25) is 0 Å². The molecular weight excluding hydrogens is 272 g/mol. The summed E-state index contributed by atoms with van der Waals surface area (Å²) in [5, 5.41) is 4.04. The summed E-state index contributed by atoms with van der Waals surface area (Å²) in [6, 6.07) is 6.62. The van der Waals surface area contributed by atoms with Crippen LogP contribution in [0.5, 0.6) is 0 Å². The number of aromatic nitrogens is 2. The fourth-order valence-electron chi connectivity index (χ4n) is 2.59. The van der Waals surface area contributed by atoms with E-state index in [0.717, 1.165) is 36.2 Å². The lowest BCUT2D eigenvalue weighted by Crippen LogP contribution is -2.33. The minimum absolute atomic E-state index is 0.307. The quantitative estimate of drug-likeness (QED) is 0.944. The highest BCUT2D eigenvalue weighted by atomic mass is 35.5. The van der Waals surface area contributed by atoms with Crippen molar-refractivity contribution in [2.24, 2.45) is 0 Å². The number of nitrogens with zero attached hydrogens (tertiary/aromatic N) is 3. The molecule has 1 unspecified atom stereocenters. The van der Waals surface area contributed by atoms with Crippen LogP contribution < -0.4 is 10.2 Å². The first kappa shape index (κ1) is 13.5. The van der Waals surface area contributed by atoms with Crippen molar-refractivity contribution in [3.05, 3.63) is 47.0 Å². The molecule has 5 heteroatoms. The Bertz CT molecular complexity index is 608. The highest BCUT2D eigenvalue weighted by Crippen LogP contribution is 2.31. The van der Waals surface area contributed by atoms with Crippen molar-refractivity contribution >= 4 is 17.3 Å². The van der Waals surface area contributed by atoms with Gasteiger partial charge in [0, 0.05) is 31.5 Å². The third kappa shape index (κ3) is 2.41. The Morgan fingerprint density at radius 1 is 1.35 bits per heavy atom. The van der Waals surface area contributed by atoms with E-state index in [1.54, 1.807) is 0 Å². The van der Waals surface area contributed by atoms with E-state index in [-0.39, 0.29) is 0 Å². The van der Waals surface area contributed by atoms with Crippen molar-refractivity contribution in [3.8, 4) is 0 Å². The van der Waals surface area contributed by atoms with E-state index in [9.17, 15) is 0 Å². The van der Waals surface area contributed by atoms with Gasteiger partial charge in [-0.05, 0) is 31.7 Å². The highest BCUT2D eigenvalue weighted by molar-refractivity contribution is 6.33. The number of nitrogens with one attached hydrogen (secondary N) is 1. The molecule has 2 heterocycles. The number of hydrogen-bond donors (Lipinski definition) is 1. The molecule has 1 atom stereocenters. The van der Waals surface area contributed by atoms with Crippen molar-refractivity contribution in [2.75, 3.05) is 18.5 Å². The summed E-state index contributed by atoms with van der Waals surface area (Å²) in [4.78, 5) is 6.68. The Hall–Kier alpha value is -1.52. The van der Waals surface area contributed by atoms with Gasteiger partial charge in [-0.25, -0.2) is 4.98 Å². The highest BCUT2D eigenvalue weighted by Gasteiger charge is 2.19. The molecule has 0 saturated heterocycles. The molecule has 0 fully saturated rings. The SMILES string of the molecule is CNC(C)c1ccc(N2CCn3ccnc3C2)c(Cl)c1. The van der Waals surface area contributed by atoms with Gasteiger partial charge < -0.3 is 14.8 Å². The zero-order chi connectivity index (χ0) is 14.1. The topological polar surface area (TPSA) is 33.1 Å². The van der Waals surface area contributed by atoms with E-state index in [0.29, 0.717) is 6.04 Å². The first-order chi connectivity index (χ1) is 9.69. The molecule has 0 saturated carbocycles. The van der Waals surface area contributed by atoms with Crippen LogP contribution in [0, 0.1) is 0 Å². The number of hydrogen-bond acceptors (Lipinski definition) is 3. The van der Waals surface area contributed by atoms with E-state index in [1.807, 2.05) is 19.4 Å². The van der Waals surface area contributed by atoms with Crippen molar-refractivity contribution in [2.45, 2.75) is 26.1 Å². The van der Waals surface area contributed by atoms with E-state index in [2.05, 4.69) is 44.9 Å². The Balaban J connectivity index is 1.85. The second-order valence-corrected chi connectivity index (χ2v) is 5.59. The van der Waals surface area contributed by atoms with Crippen molar-refractivity contribution in [1.82, 2.24) is 14.9 Å². The second-order valence-electron chi connectivity index (χ2n) is 5.18. The van der Waals surface area contributed by atoms with Crippen LogP contribution in [-0.2, 0) is 13.1 Å². The van der Waals surface area contributed by atoms with Gasteiger partial charge in [-0.15, -0.1) is 0 Å². The normalized spacial score (nSPS) is 16.1. The maximum Gasteiger partial charge on any atom is 0.128 e. The van der Waals surface area contributed by atoms with Crippen molar-refractivity contribution in [1.29, 1.82) is 0 Å². The first-order valence-corrected chi connectivity index (χ1v) is 7.28. The van der Waals surface area contributed by atoms with Gasteiger partial charge in [0.05, 0.1) is 17.3 Å². The average Bonchev–Trinajstić information content (AvgIpc) is 2.93. The van der Waals surface area contributed by atoms with E-state index in [1.165, 1.54) is 5.56 Å². The Kier molecular flexibility index (Phi) is 3.68. The Morgan fingerprint density at radius 3 is 2.95 bits per heavy atom. The van der Waals surface area contributed by atoms with E-state index >= 15 is 0 Å². The zero-order valence-electron chi connectivity index (χ0n) is 11.8. The molecule has 1 aromatic heterocycles. The summed E-state index contributed by atoms with van der Waals surface area (Å²) in [5.74, 6) is 1.10. The lowest BCUT2D eigenvalue weighted by molar-refractivity contribution is 0.560. The van der Waals surface area contributed by atoms with Crippen LogP contribution in [0.1, 0.15) is 24.4 Å². The lowest BCUT2D eigenvalue weighted by atomic mass is 10.1. The average molecular weight is 291 g/mol. The van der Waals surface area contributed by atoms with Crippen LogP contribution in [0.25, 0.3) is 0 Å². The monoisotopic (exact) mass is 290 g/mol. The minimum atomic E-state index is 0.307. The third-order valence-corrected chi connectivity index (χ3v) is 4.29. The molecule has 0 spiro atoms. The molecule has 4 nitrogen and oxygen atoms in total. The number of fused-ring (bicyclic) bond motifs is 1. The predicted octanol–water partition coefficient (Wildman–Crippen LogP) is 2.84. The fourth-order valence-corrected chi connectivity index (χ4v) is 2.90. The lowest BCUT2D eigenvalue weighted by Gasteiger charge is -2.30. The molecule has 106 valence electrons. The van der Waals surface area contributed by atoms with Crippen molar-refractivity contribution in [3.63, 3.8) is 0 Å². The fraction of sp³-hybridized carbons (Fsp3) is 0.400. The van der Waals surface area contributed by atoms with Gasteiger partial charge in [0.1, 0.15) is 5.82 Å². The number of anilines is 1. The summed E-state index contributed by atoms with van der Waals surface area (Å²) < 4.78 is 2.20. The largest absolute Gasteiger partial charge is 0.361 e. The summed E-state index contributed by atoms with van der Waals surface area (Å²) in [6.45, 7) is 4.86. The molecule has 3 rings (SSSR count). The molecule has 0 bridgehead atoms. The standard InChI is InChI=1S/C15H19ClN4/c1-11(17-2)12-3-4-14(13(16)9-12)20-8-7-19-6-5-18-15(19)10-20/h3-6,9,11,17H,7-8,10H2,1-2H3. The predicted molar refractivity (Wildman–Crippen MR) is 82.2 cm³/mol. The number of rotatable bonds is 3. The van der Waals surface area contributed by atoms with Crippen LogP contribution in [0.15, 0.2) is 30.6 Å². The smallest absolute Gasteiger partial charge is 0.128 e. The van der Waals surface area contributed by atoms with Gasteiger partial charge in [0.25, 0.3) is 0 Å². The molecule has 0 radical (unpaired) electrons. The maximum absolute atomic E-state index is 6.47. The second kappa shape index (κ2) is 5.46. The van der Waals surface area contributed by atoms with Gasteiger partial charge in [-0.1, -0.05) is 17.7 Å². The summed E-state index contributed by atoms with van der Waals surface area (Å²) >= 11 is 6.47. The third-order valence-electron chi connectivity index (χ3n) is 3.99. The maximum atomic E-state index is 6.47. The molecule has 1 aliphatic rings. The molecule has 0 aliphatic carbocycles. The molecule has 2 aromatic rings. The first-order valence-electron chi connectivity index (χ1n) is 6.90. The van der Waals surface area contributed by atoms with E-state index in [4.69, 9.17) is 11.6 Å². The van der Waals surface area contributed by atoms with Crippen LogP contribution in [0.3, 0.4) is 0 Å². The van der Waals surface area contributed by atoms with Gasteiger partial charge in [-0.2, -0.15) is 0 Å². The number of halogens is 1. The molecular formula is C15H19ClN4.